The monoisotopic (exact) mass is 180 g/mol. The van der Waals surface area contributed by atoms with Crippen LogP contribution in [0, 0.1) is 6.92 Å². The van der Waals surface area contributed by atoms with Gasteiger partial charge in [-0.1, -0.05) is 19.9 Å². The van der Waals surface area contributed by atoms with E-state index in [2.05, 4.69) is 39.0 Å². The maximum Gasteiger partial charge on any atom is 0.0301 e. The number of hydrogen-bond acceptors (Lipinski definition) is 1. The van der Waals surface area contributed by atoms with Crippen LogP contribution in [0.4, 0.5) is 0 Å². The number of rotatable bonds is 3. The molecule has 1 heterocycles. The molecule has 1 rings (SSSR count). The lowest BCUT2D eigenvalue weighted by Crippen LogP contribution is -1.75. The minimum absolute atomic E-state index is 1.14. The zero-order chi connectivity index (χ0) is 8.97. The van der Waals surface area contributed by atoms with Crippen molar-refractivity contribution in [2.45, 2.75) is 33.6 Å². The molecule has 0 fully saturated rings. The van der Waals surface area contributed by atoms with Crippen LogP contribution in [0.2, 0.25) is 0 Å². The summed E-state index contributed by atoms with van der Waals surface area (Å²) in [4.78, 5) is 2.84. The van der Waals surface area contributed by atoms with Gasteiger partial charge in [-0.15, -0.1) is 11.3 Å². The zero-order valence-corrected chi connectivity index (χ0v) is 8.87. The molecule has 0 aliphatic rings. The third kappa shape index (κ3) is 2.21. The zero-order valence-electron chi connectivity index (χ0n) is 8.05. The predicted octanol–water partition coefficient (Wildman–Crippen LogP) is 4.26. The quantitative estimate of drug-likeness (QED) is 0.652. The molecule has 0 atom stereocenters. The van der Waals surface area contributed by atoms with E-state index in [1.807, 2.05) is 11.3 Å². The van der Waals surface area contributed by atoms with Crippen LogP contribution in [0.3, 0.4) is 0 Å². The molecule has 1 heteroatoms. The lowest BCUT2D eigenvalue weighted by Gasteiger charge is -1.99. The molecule has 12 heavy (non-hydrogen) atoms. The summed E-state index contributed by atoms with van der Waals surface area (Å²) in [6.07, 6.45) is 4.61. The Morgan fingerprint density at radius 3 is 2.58 bits per heavy atom. The van der Waals surface area contributed by atoms with E-state index in [9.17, 15) is 0 Å². The summed E-state index contributed by atoms with van der Waals surface area (Å²) in [5.41, 5.74) is 1.50. The van der Waals surface area contributed by atoms with Crippen molar-refractivity contribution in [2.24, 2.45) is 0 Å². The van der Waals surface area contributed by atoms with Crippen LogP contribution in [-0.4, -0.2) is 0 Å². The second kappa shape index (κ2) is 4.46. The highest BCUT2D eigenvalue weighted by Crippen LogP contribution is 2.26. The minimum Gasteiger partial charge on any atom is -0.141 e. The van der Waals surface area contributed by atoms with Crippen LogP contribution in [0.15, 0.2) is 18.2 Å². The molecule has 0 aliphatic heterocycles. The molecule has 0 aliphatic carbocycles. The third-order valence-corrected chi connectivity index (χ3v) is 2.96. The van der Waals surface area contributed by atoms with Gasteiger partial charge in [0.05, 0.1) is 0 Å². The Hall–Kier alpha value is -0.560. The molecule has 0 nitrogen and oxygen atoms in total. The first-order valence-corrected chi connectivity index (χ1v) is 5.35. The largest absolute Gasteiger partial charge is 0.141 e. The Bertz CT molecular complexity index is 268. The van der Waals surface area contributed by atoms with Gasteiger partial charge >= 0.3 is 0 Å². The van der Waals surface area contributed by atoms with Crippen LogP contribution in [0.5, 0.6) is 0 Å². The van der Waals surface area contributed by atoms with Crippen molar-refractivity contribution in [3.05, 3.63) is 28.0 Å². The van der Waals surface area contributed by atoms with Crippen LogP contribution in [-0.2, 0) is 0 Å². The Morgan fingerprint density at radius 2 is 2.17 bits per heavy atom. The van der Waals surface area contributed by atoms with E-state index in [0.717, 1.165) is 12.8 Å². The average Bonchev–Trinajstić information content (AvgIpc) is 2.47. The SMILES string of the molecule is CC/C=C(/CC)c1ccc(C)s1. The Balaban J connectivity index is 2.87. The molecule has 0 bridgehead atoms. The molecule has 0 N–H and O–H groups in total. The predicted molar refractivity (Wildman–Crippen MR) is 57.6 cm³/mol. The van der Waals surface area contributed by atoms with Crippen LogP contribution in [0.1, 0.15) is 36.4 Å². The van der Waals surface area contributed by atoms with E-state index in [0.29, 0.717) is 0 Å². The van der Waals surface area contributed by atoms with Gasteiger partial charge in [0, 0.05) is 9.75 Å². The fraction of sp³-hybridized carbons (Fsp3) is 0.455. The van der Waals surface area contributed by atoms with Crippen LogP contribution < -0.4 is 0 Å². The summed E-state index contributed by atoms with van der Waals surface area (Å²) in [6, 6.07) is 4.42. The minimum atomic E-state index is 1.14. The van der Waals surface area contributed by atoms with Gasteiger partial charge in [-0.05, 0) is 37.5 Å². The molecule has 0 unspecified atom stereocenters. The summed E-state index contributed by atoms with van der Waals surface area (Å²) in [5, 5.41) is 0. The third-order valence-electron chi connectivity index (χ3n) is 1.89. The van der Waals surface area contributed by atoms with Crippen molar-refractivity contribution in [1.29, 1.82) is 0 Å². The van der Waals surface area contributed by atoms with Crippen LogP contribution in [0.25, 0.3) is 5.57 Å². The number of hydrogen-bond donors (Lipinski definition) is 0. The lowest BCUT2D eigenvalue weighted by atomic mass is 10.1. The average molecular weight is 180 g/mol. The first-order valence-electron chi connectivity index (χ1n) is 4.53. The normalized spacial score (nSPS) is 12.1. The highest BCUT2D eigenvalue weighted by Gasteiger charge is 2.00. The maximum atomic E-state index is 2.32. The van der Waals surface area contributed by atoms with E-state index >= 15 is 0 Å². The maximum absolute atomic E-state index is 2.32. The van der Waals surface area contributed by atoms with E-state index < -0.39 is 0 Å². The lowest BCUT2D eigenvalue weighted by molar-refractivity contribution is 1.18. The summed E-state index contributed by atoms with van der Waals surface area (Å²) < 4.78 is 0. The van der Waals surface area contributed by atoms with E-state index in [1.54, 1.807) is 0 Å². The van der Waals surface area contributed by atoms with Gasteiger partial charge in [-0.25, -0.2) is 0 Å². The Morgan fingerprint density at radius 1 is 1.42 bits per heavy atom. The summed E-state index contributed by atoms with van der Waals surface area (Å²) >= 11 is 1.89. The van der Waals surface area contributed by atoms with Gasteiger partial charge in [0.25, 0.3) is 0 Å². The summed E-state index contributed by atoms with van der Waals surface area (Å²) in [7, 11) is 0. The van der Waals surface area contributed by atoms with Crippen molar-refractivity contribution in [2.75, 3.05) is 0 Å². The highest BCUT2D eigenvalue weighted by molar-refractivity contribution is 7.13. The Kier molecular flexibility index (Phi) is 3.54. The molecule has 1 aromatic rings. The van der Waals surface area contributed by atoms with E-state index in [1.165, 1.54) is 15.3 Å². The molecule has 0 saturated heterocycles. The van der Waals surface area contributed by atoms with E-state index in [4.69, 9.17) is 0 Å². The molecular formula is C11H16S. The summed E-state index contributed by atoms with van der Waals surface area (Å²) in [5.74, 6) is 0. The van der Waals surface area contributed by atoms with Crippen molar-refractivity contribution in [1.82, 2.24) is 0 Å². The van der Waals surface area contributed by atoms with Gasteiger partial charge in [-0.3, -0.25) is 0 Å². The topological polar surface area (TPSA) is 0 Å². The number of thiophene rings is 1. The highest BCUT2D eigenvalue weighted by atomic mass is 32.1. The van der Waals surface area contributed by atoms with Gasteiger partial charge in [0.1, 0.15) is 0 Å². The van der Waals surface area contributed by atoms with Gasteiger partial charge < -0.3 is 0 Å². The second-order valence-electron chi connectivity index (χ2n) is 2.90. The van der Waals surface area contributed by atoms with Crippen molar-refractivity contribution in [3.63, 3.8) is 0 Å². The fourth-order valence-corrected chi connectivity index (χ4v) is 2.25. The molecule has 66 valence electrons. The molecular weight excluding hydrogens is 164 g/mol. The molecule has 0 aromatic carbocycles. The summed E-state index contributed by atoms with van der Waals surface area (Å²) in [6.45, 7) is 6.57. The van der Waals surface area contributed by atoms with E-state index in [-0.39, 0.29) is 0 Å². The smallest absolute Gasteiger partial charge is 0.0301 e. The number of aryl methyl sites for hydroxylation is 1. The van der Waals surface area contributed by atoms with Crippen molar-refractivity contribution in [3.8, 4) is 0 Å². The molecule has 0 spiro atoms. The Labute approximate surface area is 78.9 Å². The molecule has 1 aromatic heterocycles. The molecule has 0 radical (unpaired) electrons. The van der Waals surface area contributed by atoms with Gasteiger partial charge in [-0.2, -0.15) is 0 Å². The molecule has 0 saturated carbocycles. The number of allylic oxidation sites excluding steroid dienone is 2. The second-order valence-corrected chi connectivity index (χ2v) is 4.19. The standard InChI is InChI=1S/C11H16S/c1-4-6-10(5-2)11-8-7-9(3)12-11/h6-8H,4-5H2,1-3H3/b10-6-. The molecule has 0 amide bonds. The van der Waals surface area contributed by atoms with Gasteiger partial charge in [0.15, 0.2) is 0 Å². The first kappa shape index (κ1) is 9.53. The fourth-order valence-electron chi connectivity index (χ4n) is 1.27. The first-order chi connectivity index (χ1) is 5.77. The van der Waals surface area contributed by atoms with Crippen molar-refractivity contribution >= 4 is 16.9 Å². The van der Waals surface area contributed by atoms with Crippen LogP contribution >= 0.6 is 11.3 Å². The van der Waals surface area contributed by atoms with Gasteiger partial charge in [0.2, 0.25) is 0 Å². The van der Waals surface area contributed by atoms with Crippen molar-refractivity contribution < 1.29 is 0 Å².